The molecule has 0 radical (unpaired) electrons. The van der Waals surface area contributed by atoms with Gasteiger partial charge in [0.15, 0.2) is 5.82 Å². The summed E-state index contributed by atoms with van der Waals surface area (Å²) in [5.41, 5.74) is 6.64. The van der Waals surface area contributed by atoms with Crippen LogP contribution in [0.2, 0.25) is 5.02 Å². The van der Waals surface area contributed by atoms with Crippen molar-refractivity contribution >= 4 is 44.9 Å². The van der Waals surface area contributed by atoms with Crippen molar-refractivity contribution < 1.29 is 9.13 Å². The number of aromatic nitrogens is 3. The average molecular weight is 519 g/mol. The van der Waals surface area contributed by atoms with Crippen molar-refractivity contribution in [1.82, 2.24) is 15.0 Å². The molecule has 2 aromatic heterocycles. The number of rotatable bonds is 6. The Morgan fingerprint density at radius 3 is 2.68 bits per heavy atom. The van der Waals surface area contributed by atoms with E-state index in [9.17, 15) is 0 Å². The van der Waals surface area contributed by atoms with Crippen LogP contribution in [0.3, 0.4) is 0 Å². The fourth-order valence-corrected chi connectivity index (χ4v) is 6.03. The highest BCUT2D eigenvalue weighted by molar-refractivity contribution is 6.36. The number of pyridine rings is 1. The lowest BCUT2D eigenvalue weighted by Gasteiger charge is -2.33. The zero-order valence-electron chi connectivity index (χ0n) is 20.6. The minimum Gasteiger partial charge on any atom is -0.461 e. The quantitative estimate of drug-likeness (QED) is 0.202. The number of benzene rings is 2. The number of ether oxygens (including phenoxy) is 1. The highest BCUT2D eigenvalue weighted by Crippen LogP contribution is 2.41. The van der Waals surface area contributed by atoms with Crippen molar-refractivity contribution in [3.05, 3.63) is 53.4 Å². The molecule has 2 aliphatic rings. The minimum atomic E-state index is -0.519. The monoisotopic (exact) mass is 518 g/mol. The van der Waals surface area contributed by atoms with Crippen molar-refractivity contribution in [2.75, 3.05) is 31.1 Å². The van der Waals surface area contributed by atoms with Crippen molar-refractivity contribution in [1.29, 1.82) is 0 Å². The lowest BCUT2D eigenvalue weighted by atomic mass is 9.98. The number of nitrogens with zero attached hydrogens (tertiary/aromatic N) is 5. The summed E-state index contributed by atoms with van der Waals surface area (Å²) in [6.07, 6.45) is 5.38. The van der Waals surface area contributed by atoms with E-state index in [1.807, 2.05) is 30.3 Å². The molecule has 4 aromatic rings. The standard InChI is InChI=1S/C28H28ClFN6O/c1-16(31)32-10-11-37-28-34-26-21(27(35-28)36-14-17-8-9-18(12-17)15-36)13-33-25(24(26)30)20-6-2-4-19-5-3-7-22(29)23(19)20/h2-7,13,17-18H,8-12,14-15H2,1H3,(H2,31,32). The molecular weight excluding hydrogens is 491 g/mol. The number of aliphatic imine (C=N–C) groups is 1. The van der Waals surface area contributed by atoms with Crippen LogP contribution in [-0.2, 0) is 0 Å². The number of hydrogen-bond acceptors (Lipinski definition) is 6. The minimum absolute atomic E-state index is 0.122. The zero-order chi connectivity index (χ0) is 25.5. The summed E-state index contributed by atoms with van der Waals surface area (Å²) in [6.45, 7) is 4.11. The van der Waals surface area contributed by atoms with Crippen LogP contribution in [0.4, 0.5) is 10.2 Å². The van der Waals surface area contributed by atoms with Gasteiger partial charge in [-0.15, -0.1) is 0 Å². The summed E-state index contributed by atoms with van der Waals surface area (Å²) in [6, 6.07) is 11.4. The molecule has 7 nitrogen and oxygen atoms in total. The normalized spacial score (nSPS) is 19.6. The maximum atomic E-state index is 16.3. The highest BCUT2D eigenvalue weighted by Gasteiger charge is 2.34. The van der Waals surface area contributed by atoms with Gasteiger partial charge in [0.05, 0.1) is 17.8 Å². The molecule has 1 aliphatic heterocycles. The molecule has 3 heterocycles. The number of fused-ring (bicyclic) bond motifs is 4. The number of amidine groups is 1. The summed E-state index contributed by atoms with van der Waals surface area (Å²) in [4.78, 5) is 20.2. The maximum Gasteiger partial charge on any atom is 0.319 e. The third-order valence-corrected chi connectivity index (χ3v) is 7.66. The van der Waals surface area contributed by atoms with Gasteiger partial charge in [-0.3, -0.25) is 9.98 Å². The van der Waals surface area contributed by atoms with Gasteiger partial charge in [-0.05, 0) is 49.5 Å². The second kappa shape index (κ2) is 9.74. The van der Waals surface area contributed by atoms with Crippen molar-refractivity contribution in [2.45, 2.75) is 26.2 Å². The van der Waals surface area contributed by atoms with Crippen LogP contribution in [0, 0.1) is 17.7 Å². The molecule has 2 fully saturated rings. The Kier molecular flexibility index (Phi) is 6.28. The lowest BCUT2D eigenvalue weighted by molar-refractivity contribution is 0.303. The topological polar surface area (TPSA) is 89.5 Å². The Morgan fingerprint density at radius 1 is 1.16 bits per heavy atom. The third-order valence-electron chi connectivity index (χ3n) is 7.34. The Morgan fingerprint density at radius 2 is 1.92 bits per heavy atom. The number of hydrogen-bond donors (Lipinski definition) is 1. The van der Waals surface area contributed by atoms with Gasteiger partial charge in [-0.1, -0.05) is 41.9 Å². The fourth-order valence-electron chi connectivity index (χ4n) is 5.75. The van der Waals surface area contributed by atoms with Crippen LogP contribution >= 0.6 is 11.6 Å². The fraction of sp³-hybridized carbons (Fsp3) is 0.357. The lowest BCUT2D eigenvalue weighted by Crippen LogP contribution is -2.37. The number of piperidine rings is 1. The van der Waals surface area contributed by atoms with Crippen LogP contribution in [0.15, 0.2) is 47.6 Å². The maximum absolute atomic E-state index is 16.3. The molecule has 2 atom stereocenters. The van der Waals surface area contributed by atoms with Gasteiger partial charge in [0.1, 0.15) is 23.6 Å². The van der Waals surface area contributed by atoms with Crippen LogP contribution in [0.25, 0.3) is 32.9 Å². The van der Waals surface area contributed by atoms with Crippen molar-refractivity contribution in [2.24, 2.45) is 22.6 Å². The SMILES string of the molecule is CC(N)=NCCOc1nc(N2CC3CCC(C3)C2)c2cnc(-c3cccc4cccc(Cl)c34)c(F)c2n1. The largest absolute Gasteiger partial charge is 0.461 e. The summed E-state index contributed by atoms with van der Waals surface area (Å²) in [5.74, 6) is 1.89. The van der Waals surface area contributed by atoms with E-state index in [0.29, 0.717) is 46.0 Å². The molecule has 1 saturated carbocycles. The Bertz CT molecular complexity index is 1500. The molecule has 2 bridgehead atoms. The van der Waals surface area contributed by atoms with Gasteiger partial charge in [-0.25, -0.2) is 4.39 Å². The van der Waals surface area contributed by atoms with Crippen LogP contribution in [0.5, 0.6) is 6.01 Å². The molecule has 37 heavy (non-hydrogen) atoms. The van der Waals surface area contributed by atoms with E-state index in [-0.39, 0.29) is 23.8 Å². The molecule has 0 spiro atoms. The second-order valence-electron chi connectivity index (χ2n) is 9.98. The molecule has 2 unspecified atom stereocenters. The smallest absolute Gasteiger partial charge is 0.319 e. The van der Waals surface area contributed by atoms with E-state index in [0.717, 1.165) is 23.9 Å². The summed E-state index contributed by atoms with van der Waals surface area (Å²) in [5, 5.41) is 2.79. The summed E-state index contributed by atoms with van der Waals surface area (Å²) >= 11 is 6.54. The first kappa shape index (κ1) is 23.9. The molecule has 1 saturated heterocycles. The third kappa shape index (κ3) is 4.55. The van der Waals surface area contributed by atoms with Gasteiger partial charge in [0.25, 0.3) is 0 Å². The van der Waals surface area contributed by atoms with Gasteiger partial charge in [0.2, 0.25) is 0 Å². The average Bonchev–Trinajstić information content (AvgIpc) is 3.23. The first-order valence-corrected chi connectivity index (χ1v) is 13.0. The summed E-state index contributed by atoms with van der Waals surface area (Å²) < 4.78 is 22.1. The number of anilines is 1. The zero-order valence-corrected chi connectivity index (χ0v) is 21.4. The van der Waals surface area contributed by atoms with Gasteiger partial charge >= 0.3 is 6.01 Å². The van der Waals surface area contributed by atoms with Crippen LogP contribution in [0.1, 0.15) is 26.2 Å². The molecule has 2 N–H and O–H groups in total. The first-order valence-electron chi connectivity index (χ1n) is 12.7. The molecule has 6 rings (SSSR count). The Labute approximate surface area is 219 Å². The van der Waals surface area contributed by atoms with E-state index in [2.05, 4.69) is 19.9 Å². The van der Waals surface area contributed by atoms with Crippen molar-refractivity contribution in [3.8, 4) is 17.3 Å². The molecule has 0 amide bonds. The van der Waals surface area contributed by atoms with Crippen molar-refractivity contribution in [3.63, 3.8) is 0 Å². The van der Waals surface area contributed by atoms with Gasteiger partial charge in [0, 0.05) is 35.3 Å². The predicted octanol–water partition coefficient (Wildman–Crippen LogP) is 5.63. The van der Waals surface area contributed by atoms with Crippen LogP contribution < -0.4 is 15.4 Å². The van der Waals surface area contributed by atoms with Gasteiger partial charge in [-0.2, -0.15) is 9.97 Å². The summed E-state index contributed by atoms with van der Waals surface area (Å²) in [7, 11) is 0. The van der Waals surface area contributed by atoms with E-state index < -0.39 is 5.82 Å². The first-order chi connectivity index (χ1) is 18.0. The predicted molar refractivity (Wildman–Crippen MR) is 146 cm³/mol. The molecule has 2 aromatic carbocycles. The molecule has 9 heteroatoms. The van der Waals surface area contributed by atoms with E-state index in [1.54, 1.807) is 19.2 Å². The van der Waals surface area contributed by atoms with Gasteiger partial charge < -0.3 is 15.4 Å². The van der Waals surface area contributed by atoms with E-state index in [4.69, 9.17) is 27.1 Å². The number of halogens is 2. The van der Waals surface area contributed by atoms with E-state index >= 15 is 4.39 Å². The Balaban J connectivity index is 1.48. The number of nitrogens with two attached hydrogens (primary N) is 1. The molecule has 1 aliphatic carbocycles. The van der Waals surface area contributed by atoms with Crippen LogP contribution in [-0.4, -0.2) is 47.0 Å². The molecular formula is C28H28ClFN6O. The molecule has 190 valence electrons. The highest BCUT2D eigenvalue weighted by atomic mass is 35.5. The van der Waals surface area contributed by atoms with E-state index in [1.165, 1.54) is 19.3 Å². The second-order valence-corrected chi connectivity index (χ2v) is 10.4. The Hall–Kier alpha value is -3.52.